The summed E-state index contributed by atoms with van der Waals surface area (Å²) in [5.74, 6) is -1.02. The van der Waals surface area contributed by atoms with Crippen molar-refractivity contribution in [2.24, 2.45) is 5.92 Å². The molecule has 8 heteroatoms. The van der Waals surface area contributed by atoms with Gasteiger partial charge in [-0.1, -0.05) is 19.9 Å². The van der Waals surface area contributed by atoms with Gasteiger partial charge >= 0.3 is 12.1 Å². The minimum absolute atomic E-state index is 0.0329. The number of carbonyl (C=O) groups is 2. The molecule has 0 radical (unpaired) electrons. The molecule has 0 aliphatic carbocycles. The molecule has 0 bridgehead atoms. The van der Waals surface area contributed by atoms with E-state index in [0.29, 0.717) is 18.4 Å². The zero-order valence-electron chi connectivity index (χ0n) is 17.7. The van der Waals surface area contributed by atoms with E-state index in [0.717, 1.165) is 12.1 Å². The summed E-state index contributed by atoms with van der Waals surface area (Å²) >= 11 is 0. The highest BCUT2D eigenvalue weighted by molar-refractivity contribution is 6.23. The molecule has 0 saturated carbocycles. The van der Waals surface area contributed by atoms with Gasteiger partial charge in [0.1, 0.15) is 22.8 Å². The van der Waals surface area contributed by atoms with Crippen molar-refractivity contribution in [3.05, 3.63) is 65.2 Å². The third kappa shape index (κ3) is 5.30. The molecule has 1 aliphatic heterocycles. The predicted molar refractivity (Wildman–Crippen MR) is 111 cm³/mol. The summed E-state index contributed by atoms with van der Waals surface area (Å²) in [4.78, 5) is 25.3. The Bertz CT molecular complexity index is 1010. The van der Waals surface area contributed by atoms with Crippen LogP contribution in [-0.2, 0) is 25.2 Å². The fourth-order valence-electron chi connectivity index (χ4n) is 3.19. The van der Waals surface area contributed by atoms with Gasteiger partial charge in [0.05, 0.1) is 24.7 Å². The third-order valence-corrected chi connectivity index (χ3v) is 4.92. The van der Waals surface area contributed by atoms with Gasteiger partial charge in [-0.15, -0.1) is 0 Å². The first-order chi connectivity index (χ1) is 15.2. The van der Waals surface area contributed by atoms with E-state index in [1.54, 1.807) is 12.1 Å². The smallest absolute Gasteiger partial charge is 0.416 e. The van der Waals surface area contributed by atoms with Crippen LogP contribution in [0.2, 0.25) is 0 Å². The fraction of sp³-hybridized carbons (Fsp3) is 0.333. The van der Waals surface area contributed by atoms with Gasteiger partial charge in [0.15, 0.2) is 5.78 Å². The molecule has 0 spiro atoms. The van der Waals surface area contributed by atoms with Crippen molar-refractivity contribution in [2.45, 2.75) is 32.9 Å². The number of Topliss-reactive ketones (excluding diaryl/α,β-unsaturated/α-hetero) is 1. The summed E-state index contributed by atoms with van der Waals surface area (Å²) in [7, 11) is 0. The molecular weight excluding hydrogens is 425 g/mol. The van der Waals surface area contributed by atoms with Crippen LogP contribution >= 0.6 is 0 Å². The van der Waals surface area contributed by atoms with Gasteiger partial charge < -0.3 is 14.2 Å². The molecule has 1 atom stereocenters. The van der Waals surface area contributed by atoms with E-state index in [4.69, 9.17) is 14.2 Å². The number of ketones is 1. The minimum atomic E-state index is -4.47. The van der Waals surface area contributed by atoms with Crippen LogP contribution in [0.15, 0.2) is 54.1 Å². The lowest BCUT2D eigenvalue weighted by molar-refractivity contribution is -0.142. The number of alkyl halides is 3. The Morgan fingerprint density at radius 3 is 2.44 bits per heavy atom. The Morgan fingerprint density at radius 2 is 1.81 bits per heavy atom. The largest absolute Gasteiger partial charge is 0.491 e. The molecule has 3 rings (SSSR count). The van der Waals surface area contributed by atoms with Crippen LogP contribution in [0, 0.1) is 5.92 Å². The summed E-state index contributed by atoms with van der Waals surface area (Å²) in [6, 6.07) is 10.7. The average molecular weight is 448 g/mol. The normalized spacial score (nSPS) is 16.5. The maximum absolute atomic E-state index is 12.9. The van der Waals surface area contributed by atoms with E-state index in [9.17, 15) is 22.8 Å². The second-order valence-corrected chi connectivity index (χ2v) is 7.27. The Morgan fingerprint density at radius 1 is 1.09 bits per heavy atom. The van der Waals surface area contributed by atoms with Crippen molar-refractivity contribution in [1.29, 1.82) is 0 Å². The number of rotatable bonds is 7. The topological polar surface area (TPSA) is 61.8 Å². The van der Waals surface area contributed by atoms with Crippen LogP contribution in [0.1, 0.15) is 37.8 Å². The number of halogens is 3. The first-order valence-corrected chi connectivity index (χ1v) is 10.3. The van der Waals surface area contributed by atoms with Crippen molar-refractivity contribution in [1.82, 2.24) is 0 Å². The SMILES string of the molecule is CCCOC(=O)C1=C(c2ccc(Oc3cccc(C(F)(F)F)c3)cc2)OCC(CC)C1=O. The fourth-order valence-corrected chi connectivity index (χ4v) is 3.19. The van der Waals surface area contributed by atoms with E-state index < -0.39 is 23.6 Å². The van der Waals surface area contributed by atoms with Crippen LogP contribution in [-0.4, -0.2) is 25.0 Å². The van der Waals surface area contributed by atoms with Crippen LogP contribution in [0.3, 0.4) is 0 Å². The van der Waals surface area contributed by atoms with Crippen LogP contribution < -0.4 is 4.74 Å². The van der Waals surface area contributed by atoms with E-state index >= 15 is 0 Å². The predicted octanol–water partition coefficient (Wildman–Crippen LogP) is 5.79. The van der Waals surface area contributed by atoms with Gasteiger partial charge in [0, 0.05) is 5.56 Å². The van der Waals surface area contributed by atoms with E-state index in [1.807, 2.05) is 13.8 Å². The first-order valence-electron chi connectivity index (χ1n) is 10.3. The summed E-state index contributed by atoms with van der Waals surface area (Å²) in [5.41, 5.74) is -0.470. The molecule has 0 saturated heterocycles. The van der Waals surface area contributed by atoms with Crippen molar-refractivity contribution in [3.8, 4) is 11.5 Å². The Hall–Kier alpha value is -3.29. The van der Waals surface area contributed by atoms with Gasteiger partial charge in [-0.05, 0) is 55.3 Å². The highest BCUT2D eigenvalue weighted by atomic mass is 19.4. The highest BCUT2D eigenvalue weighted by Crippen LogP contribution is 2.34. The van der Waals surface area contributed by atoms with Gasteiger partial charge in [-0.25, -0.2) is 4.79 Å². The molecule has 5 nitrogen and oxygen atoms in total. The second-order valence-electron chi connectivity index (χ2n) is 7.27. The second kappa shape index (κ2) is 9.89. The Labute approximate surface area is 183 Å². The van der Waals surface area contributed by atoms with E-state index in [2.05, 4.69) is 0 Å². The van der Waals surface area contributed by atoms with Crippen molar-refractivity contribution < 1.29 is 37.0 Å². The molecule has 0 aromatic heterocycles. The summed E-state index contributed by atoms with van der Waals surface area (Å²) in [6.07, 6.45) is -3.33. The average Bonchev–Trinajstić information content (AvgIpc) is 2.77. The lowest BCUT2D eigenvalue weighted by Crippen LogP contribution is -2.31. The Balaban J connectivity index is 1.87. The summed E-state index contributed by atoms with van der Waals surface area (Å²) in [5, 5.41) is 0. The van der Waals surface area contributed by atoms with Crippen molar-refractivity contribution in [2.75, 3.05) is 13.2 Å². The maximum Gasteiger partial charge on any atom is 0.416 e. The molecule has 32 heavy (non-hydrogen) atoms. The molecule has 1 unspecified atom stereocenters. The molecule has 1 aliphatic rings. The number of esters is 1. The van der Waals surface area contributed by atoms with E-state index in [-0.39, 0.29) is 41.8 Å². The zero-order chi connectivity index (χ0) is 23.3. The van der Waals surface area contributed by atoms with Crippen LogP contribution in [0.4, 0.5) is 13.2 Å². The zero-order valence-corrected chi connectivity index (χ0v) is 17.7. The standard InChI is InChI=1S/C24H23F3O5/c1-3-12-30-23(29)20-21(28)15(4-2)14-31-22(20)16-8-10-18(11-9-16)32-19-7-5-6-17(13-19)24(25,26)27/h5-11,13,15H,3-4,12,14H2,1-2H3. The number of ether oxygens (including phenoxy) is 3. The van der Waals surface area contributed by atoms with Gasteiger partial charge in [0.25, 0.3) is 0 Å². The van der Waals surface area contributed by atoms with Crippen LogP contribution in [0.25, 0.3) is 5.76 Å². The molecule has 0 N–H and O–H groups in total. The van der Waals surface area contributed by atoms with Gasteiger partial charge in [0.2, 0.25) is 0 Å². The molecule has 170 valence electrons. The minimum Gasteiger partial charge on any atom is -0.491 e. The first kappa shape index (κ1) is 23.4. The molecule has 1 heterocycles. The maximum atomic E-state index is 12.9. The molecule has 0 amide bonds. The van der Waals surface area contributed by atoms with Crippen LogP contribution in [0.5, 0.6) is 11.5 Å². The number of carbonyl (C=O) groups excluding carboxylic acids is 2. The molecular formula is C24H23F3O5. The lowest BCUT2D eigenvalue weighted by atomic mass is 9.91. The lowest BCUT2D eigenvalue weighted by Gasteiger charge is -2.25. The van der Waals surface area contributed by atoms with Gasteiger partial charge in [-0.2, -0.15) is 13.2 Å². The monoisotopic (exact) mass is 448 g/mol. The highest BCUT2D eigenvalue weighted by Gasteiger charge is 2.36. The number of benzene rings is 2. The molecule has 2 aromatic carbocycles. The van der Waals surface area contributed by atoms with Crippen molar-refractivity contribution >= 4 is 17.5 Å². The quantitative estimate of drug-likeness (QED) is 0.397. The summed E-state index contributed by atoms with van der Waals surface area (Å²) in [6.45, 7) is 4.02. The van der Waals surface area contributed by atoms with E-state index in [1.165, 1.54) is 24.3 Å². The van der Waals surface area contributed by atoms with Crippen molar-refractivity contribution in [3.63, 3.8) is 0 Å². The number of hydrogen-bond donors (Lipinski definition) is 0. The molecule has 0 fully saturated rings. The molecule has 2 aromatic rings. The Kier molecular flexibility index (Phi) is 7.22. The van der Waals surface area contributed by atoms with Gasteiger partial charge in [-0.3, -0.25) is 4.79 Å². The number of hydrogen-bond acceptors (Lipinski definition) is 5. The summed E-state index contributed by atoms with van der Waals surface area (Å²) < 4.78 is 55.1. The third-order valence-electron chi connectivity index (χ3n) is 4.92.